The van der Waals surface area contributed by atoms with E-state index in [4.69, 9.17) is 9.47 Å². The quantitative estimate of drug-likeness (QED) is 0.728. The molecule has 1 N–H and O–H groups in total. The number of hydrogen-bond donors (Lipinski definition) is 1. The summed E-state index contributed by atoms with van der Waals surface area (Å²) < 4.78 is 36.7. The third-order valence-corrected chi connectivity index (χ3v) is 5.43. The highest BCUT2D eigenvalue weighted by molar-refractivity contribution is 7.92. The molecular weight excluding hydrogens is 380 g/mol. The number of amides is 1. The molecule has 0 saturated carbocycles. The van der Waals surface area contributed by atoms with E-state index < -0.39 is 22.0 Å². The molecule has 0 fully saturated rings. The lowest BCUT2D eigenvalue weighted by Gasteiger charge is -2.30. The number of carbonyl (C=O) groups is 1. The molecule has 8 heteroatoms. The zero-order valence-corrected chi connectivity index (χ0v) is 17.5. The first-order valence-corrected chi connectivity index (χ1v) is 10.6. The van der Waals surface area contributed by atoms with Gasteiger partial charge in [-0.15, -0.1) is 0 Å². The molecule has 1 atom stereocenters. The van der Waals surface area contributed by atoms with Crippen LogP contribution < -0.4 is 19.1 Å². The van der Waals surface area contributed by atoms with Crippen molar-refractivity contribution in [1.82, 2.24) is 0 Å². The Hall–Kier alpha value is -2.74. The average molecular weight is 407 g/mol. The van der Waals surface area contributed by atoms with Gasteiger partial charge >= 0.3 is 0 Å². The van der Waals surface area contributed by atoms with Crippen LogP contribution in [-0.4, -0.2) is 40.8 Å². The molecule has 0 radical (unpaired) electrons. The molecule has 2 rings (SSSR count). The van der Waals surface area contributed by atoms with E-state index in [9.17, 15) is 13.2 Å². The van der Waals surface area contributed by atoms with Gasteiger partial charge in [-0.05, 0) is 43.2 Å². The molecule has 7 nitrogen and oxygen atoms in total. The molecule has 0 spiro atoms. The first-order chi connectivity index (χ1) is 13.2. The third-order valence-electron chi connectivity index (χ3n) is 4.25. The van der Waals surface area contributed by atoms with Crippen molar-refractivity contribution in [3.05, 3.63) is 48.0 Å². The van der Waals surface area contributed by atoms with Crippen molar-refractivity contribution < 1.29 is 22.7 Å². The van der Waals surface area contributed by atoms with Gasteiger partial charge < -0.3 is 14.8 Å². The summed E-state index contributed by atoms with van der Waals surface area (Å²) in [6, 6.07) is 11.1. The van der Waals surface area contributed by atoms with Crippen LogP contribution in [0.4, 0.5) is 11.4 Å². The SMILES string of the molecule is CC[C@H](C(=O)Nc1cc(C)ccc1OC)N(c1cccc(OC)c1)S(C)(=O)=O. The Morgan fingerprint density at radius 3 is 2.43 bits per heavy atom. The predicted octanol–water partition coefficient (Wildman–Crippen LogP) is 3.20. The van der Waals surface area contributed by atoms with Crippen LogP contribution in [0, 0.1) is 6.92 Å². The summed E-state index contributed by atoms with van der Waals surface area (Å²) in [6.45, 7) is 3.65. The van der Waals surface area contributed by atoms with Gasteiger partial charge in [0.2, 0.25) is 15.9 Å². The van der Waals surface area contributed by atoms with Gasteiger partial charge in [-0.1, -0.05) is 19.1 Å². The Kier molecular flexibility index (Phi) is 6.90. The number of sulfonamides is 1. The fourth-order valence-electron chi connectivity index (χ4n) is 2.94. The highest BCUT2D eigenvalue weighted by Gasteiger charge is 2.32. The zero-order valence-electron chi connectivity index (χ0n) is 16.7. The molecule has 2 aromatic carbocycles. The Morgan fingerprint density at radius 2 is 1.86 bits per heavy atom. The van der Waals surface area contributed by atoms with Crippen molar-refractivity contribution >= 4 is 27.3 Å². The molecule has 2 aromatic rings. The van der Waals surface area contributed by atoms with Crippen LogP contribution in [0.3, 0.4) is 0 Å². The lowest BCUT2D eigenvalue weighted by molar-refractivity contribution is -0.117. The normalized spacial score (nSPS) is 12.2. The van der Waals surface area contributed by atoms with E-state index in [0.717, 1.165) is 16.1 Å². The summed E-state index contributed by atoms with van der Waals surface area (Å²) in [5.74, 6) is 0.558. The zero-order chi connectivity index (χ0) is 20.9. The number of ether oxygens (including phenoxy) is 2. The first kappa shape index (κ1) is 21.6. The molecule has 0 bridgehead atoms. The van der Waals surface area contributed by atoms with E-state index in [0.29, 0.717) is 22.9 Å². The molecule has 0 aliphatic heterocycles. The van der Waals surface area contributed by atoms with Crippen molar-refractivity contribution in [2.24, 2.45) is 0 Å². The molecule has 0 unspecified atom stereocenters. The monoisotopic (exact) mass is 406 g/mol. The first-order valence-electron chi connectivity index (χ1n) is 8.80. The second-order valence-electron chi connectivity index (χ2n) is 6.38. The Bertz CT molecular complexity index is 943. The van der Waals surface area contributed by atoms with Crippen LogP contribution in [0.1, 0.15) is 18.9 Å². The second-order valence-corrected chi connectivity index (χ2v) is 8.24. The van der Waals surface area contributed by atoms with E-state index >= 15 is 0 Å². The van der Waals surface area contributed by atoms with Gasteiger partial charge in [0.25, 0.3) is 0 Å². The van der Waals surface area contributed by atoms with Gasteiger partial charge in [0.1, 0.15) is 17.5 Å². The van der Waals surface area contributed by atoms with Gasteiger partial charge in [-0.25, -0.2) is 8.42 Å². The number of benzene rings is 2. The Labute approximate surface area is 166 Å². The smallest absolute Gasteiger partial charge is 0.248 e. The van der Waals surface area contributed by atoms with Crippen molar-refractivity contribution in [3.8, 4) is 11.5 Å². The molecule has 1 amide bonds. The van der Waals surface area contributed by atoms with E-state index in [1.165, 1.54) is 14.2 Å². The van der Waals surface area contributed by atoms with Crippen molar-refractivity contribution in [2.75, 3.05) is 30.1 Å². The summed E-state index contributed by atoms with van der Waals surface area (Å²) in [5.41, 5.74) is 1.79. The van der Waals surface area contributed by atoms with Gasteiger partial charge in [0.05, 0.1) is 31.9 Å². The third kappa shape index (κ3) is 4.95. The van der Waals surface area contributed by atoms with Crippen LogP contribution >= 0.6 is 0 Å². The van der Waals surface area contributed by atoms with Crippen molar-refractivity contribution in [2.45, 2.75) is 26.3 Å². The molecule has 0 aliphatic carbocycles. The van der Waals surface area contributed by atoms with Crippen molar-refractivity contribution in [3.63, 3.8) is 0 Å². The fourth-order valence-corrected chi connectivity index (χ4v) is 4.15. The maximum absolute atomic E-state index is 13.0. The van der Waals surface area contributed by atoms with Crippen LogP contribution in [0.5, 0.6) is 11.5 Å². The largest absolute Gasteiger partial charge is 0.497 e. The standard InChI is InChI=1S/C20H26N2O5S/c1-6-18(20(23)21-17-12-14(2)10-11-19(17)27-4)22(28(5,24)25)15-8-7-9-16(13-15)26-3/h7-13,18H,6H2,1-5H3,(H,21,23)/t18-/m1/s1. The molecule has 28 heavy (non-hydrogen) atoms. The minimum absolute atomic E-state index is 0.282. The lowest BCUT2D eigenvalue weighted by Crippen LogP contribution is -2.47. The number of hydrogen-bond acceptors (Lipinski definition) is 5. The van der Waals surface area contributed by atoms with E-state index in [1.54, 1.807) is 43.3 Å². The van der Waals surface area contributed by atoms with Crippen LogP contribution in [0.15, 0.2) is 42.5 Å². The summed E-state index contributed by atoms with van der Waals surface area (Å²) in [7, 11) is -0.721. The van der Waals surface area contributed by atoms with Crippen molar-refractivity contribution in [1.29, 1.82) is 0 Å². The van der Waals surface area contributed by atoms with Gasteiger partial charge in [-0.2, -0.15) is 0 Å². The highest BCUT2D eigenvalue weighted by atomic mass is 32.2. The number of carbonyl (C=O) groups excluding carboxylic acids is 1. The van der Waals surface area contributed by atoms with Gasteiger partial charge in [-0.3, -0.25) is 9.10 Å². The average Bonchev–Trinajstić information content (AvgIpc) is 2.65. The minimum atomic E-state index is -3.73. The number of nitrogens with zero attached hydrogens (tertiary/aromatic N) is 1. The van der Waals surface area contributed by atoms with Crippen LogP contribution in [0.25, 0.3) is 0 Å². The highest BCUT2D eigenvalue weighted by Crippen LogP contribution is 2.29. The second kappa shape index (κ2) is 8.97. The fraction of sp³-hybridized carbons (Fsp3) is 0.350. The van der Waals surface area contributed by atoms with E-state index in [1.807, 2.05) is 13.0 Å². The van der Waals surface area contributed by atoms with E-state index in [-0.39, 0.29) is 6.42 Å². The summed E-state index contributed by atoms with van der Waals surface area (Å²) >= 11 is 0. The Balaban J connectivity index is 2.43. The molecule has 0 heterocycles. The van der Waals surface area contributed by atoms with Crippen LogP contribution in [0.2, 0.25) is 0 Å². The van der Waals surface area contributed by atoms with Gasteiger partial charge in [0.15, 0.2) is 0 Å². The van der Waals surface area contributed by atoms with Gasteiger partial charge in [0, 0.05) is 6.07 Å². The molecule has 0 aromatic heterocycles. The molecule has 0 saturated heterocycles. The summed E-state index contributed by atoms with van der Waals surface area (Å²) in [5, 5.41) is 2.80. The van der Waals surface area contributed by atoms with Crippen LogP contribution in [-0.2, 0) is 14.8 Å². The minimum Gasteiger partial charge on any atom is -0.497 e. The number of anilines is 2. The summed E-state index contributed by atoms with van der Waals surface area (Å²) in [6.07, 6.45) is 1.36. The molecule has 152 valence electrons. The maximum atomic E-state index is 13.0. The topological polar surface area (TPSA) is 84.9 Å². The van der Waals surface area contributed by atoms with E-state index in [2.05, 4.69) is 5.32 Å². The molecule has 0 aliphatic rings. The summed E-state index contributed by atoms with van der Waals surface area (Å²) in [4.78, 5) is 13.0. The molecular formula is C20H26N2O5S. The number of methoxy groups -OCH3 is 2. The predicted molar refractivity (Wildman–Crippen MR) is 111 cm³/mol. The number of nitrogens with one attached hydrogen (secondary N) is 1. The Morgan fingerprint density at radius 1 is 1.14 bits per heavy atom. The number of aryl methyl sites for hydroxylation is 1. The number of rotatable bonds is 8. The lowest BCUT2D eigenvalue weighted by atomic mass is 10.1. The maximum Gasteiger partial charge on any atom is 0.248 e.